The van der Waals surface area contributed by atoms with E-state index in [1.54, 1.807) is 0 Å². The van der Waals surface area contributed by atoms with Gasteiger partial charge in [-0.3, -0.25) is 0 Å². The second-order valence-electron chi connectivity index (χ2n) is 4.68. The highest BCUT2D eigenvalue weighted by Gasteiger charge is 2.06. The molecule has 0 bridgehead atoms. The Morgan fingerprint density at radius 3 is 2.44 bits per heavy atom. The Morgan fingerprint density at radius 2 is 1.62 bits per heavy atom. The Balaban J connectivity index is 2.55. The molecule has 1 nitrogen and oxygen atoms in total. The monoisotopic (exact) mass is 209 g/mol. The largest absolute Gasteiger partial charge is 0.354 e. The van der Waals surface area contributed by atoms with Crippen molar-refractivity contribution in [1.29, 1.82) is 0 Å². The summed E-state index contributed by atoms with van der Waals surface area (Å²) in [6.45, 7) is 6.44. The molecule has 0 aliphatic rings. The van der Waals surface area contributed by atoms with Gasteiger partial charge in [-0.2, -0.15) is 0 Å². The molecule has 0 radical (unpaired) electrons. The van der Waals surface area contributed by atoms with Gasteiger partial charge in [0.05, 0.1) is 0 Å². The first-order valence-electron chi connectivity index (χ1n) is 5.64. The summed E-state index contributed by atoms with van der Waals surface area (Å²) >= 11 is 0. The lowest BCUT2D eigenvalue weighted by atomic mass is 10.1. The lowest BCUT2D eigenvalue weighted by Gasteiger charge is -1.98. The van der Waals surface area contributed by atoms with E-state index in [0.717, 1.165) is 0 Å². The minimum absolute atomic E-state index is 1.24. The molecular formula is C15H15N. The van der Waals surface area contributed by atoms with Crippen molar-refractivity contribution in [3.63, 3.8) is 0 Å². The van der Waals surface area contributed by atoms with Gasteiger partial charge in [-0.25, -0.2) is 0 Å². The van der Waals surface area contributed by atoms with Gasteiger partial charge in [-0.05, 0) is 44.0 Å². The Kier molecular flexibility index (Phi) is 1.84. The molecule has 0 amide bonds. The molecule has 3 aromatic rings. The molecule has 0 fully saturated rings. The van der Waals surface area contributed by atoms with Crippen molar-refractivity contribution in [3.05, 3.63) is 47.0 Å². The number of aryl methyl sites for hydroxylation is 3. The number of aromatic amines is 1. The van der Waals surface area contributed by atoms with Gasteiger partial charge in [-0.15, -0.1) is 0 Å². The Morgan fingerprint density at radius 1 is 0.812 bits per heavy atom. The smallest absolute Gasteiger partial charge is 0.0494 e. The van der Waals surface area contributed by atoms with E-state index >= 15 is 0 Å². The average molecular weight is 209 g/mol. The summed E-state index contributed by atoms with van der Waals surface area (Å²) in [4.78, 5) is 3.51. The SMILES string of the molecule is Cc1ccc2c(c1)[nH]c1c(C)cc(C)cc12. The van der Waals surface area contributed by atoms with E-state index in [4.69, 9.17) is 0 Å². The van der Waals surface area contributed by atoms with Crippen molar-refractivity contribution in [2.75, 3.05) is 0 Å². The third-order valence-electron chi connectivity index (χ3n) is 3.20. The molecule has 0 saturated heterocycles. The van der Waals surface area contributed by atoms with Crippen LogP contribution in [0.1, 0.15) is 16.7 Å². The third kappa shape index (κ3) is 1.25. The zero-order valence-electron chi connectivity index (χ0n) is 9.89. The van der Waals surface area contributed by atoms with E-state index in [9.17, 15) is 0 Å². The van der Waals surface area contributed by atoms with Crippen LogP contribution in [0.4, 0.5) is 0 Å². The summed E-state index contributed by atoms with van der Waals surface area (Å²) in [7, 11) is 0. The summed E-state index contributed by atoms with van der Waals surface area (Å²) in [5, 5.41) is 2.67. The maximum absolute atomic E-state index is 3.51. The molecule has 1 heteroatoms. The van der Waals surface area contributed by atoms with Crippen molar-refractivity contribution in [3.8, 4) is 0 Å². The van der Waals surface area contributed by atoms with E-state index in [1.807, 2.05) is 0 Å². The van der Waals surface area contributed by atoms with Crippen LogP contribution < -0.4 is 0 Å². The number of aromatic nitrogens is 1. The number of benzene rings is 2. The topological polar surface area (TPSA) is 15.8 Å². The summed E-state index contributed by atoms with van der Waals surface area (Å²) in [6.07, 6.45) is 0. The van der Waals surface area contributed by atoms with Crippen LogP contribution in [-0.2, 0) is 0 Å². The number of nitrogens with one attached hydrogen (secondary N) is 1. The van der Waals surface area contributed by atoms with Crippen molar-refractivity contribution in [2.45, 2.75) is 20.8 Å². The van der Waals surface area contributed by atoms with Crippen LogP contribution in [0.3, 0.4) is 0 Å². The lowest BCUT2D eigenvalue weighted by Crippen LogP contribution is -1.78. The van der Waals surface area contributed by atoms with Crippen LogP contribution in [-0.4, -0.2) is 4.98 Å². The second-order valence-corrected chi connectivity index (χ2v) is 4.68. The predicted molar refractivity (Wildman–Crippen MR) is 70.0 cm³/mol. The van der Waals surface area contributed by atoms with Crippen molar-refractivity contribution in [2.24, 2.45) is 0 Å². The van der Waals surface area contributed by atoms with Crippen LogP contribution in [0.25, 0.3) is 21.8 Å². The van der Waals surface area contributed by atoms with Crippen LogP contribution in [0.2, 0.25) is 0 Å². The second kappa shape index (κ2) is 3.11. The first-order chi connectivity index (χ1) is 7.65. The molecular weight excluding hydrogens is 194 g/mol. The number of fused-ring (bicyclic) bond motifs is 3. The van der Waals surface area contributed by atoms with Crippen LogP contribution in [0.15, 0.2) is 30.3 Å². The van der Waals surface area contributed by atoms with Gasteiger partial charge in [0.25, 0.3) is 0 Å². The molecule has 0 atom stereocenters. The highest BCUT2D eigenvalue weighted by atomic mass is 14.7. The average Bonchev–Trinajstić information content (AvgIpc) is 2.56. The molecule has 3 rings (SSSR count). The lowest BCUT2D eigenvalue weighted by molar-refractivity contribution is 1.40. The third-order valence-corrected chi connectivity index (χ3v) is 3.20. The van der Waals surface area contributed by atoms with Gasteiger partial charge in [0.1, 0.15) is 0 Å². The van der Waals surface area contributed by atoms with Crippen LogP contribution in [0, 0.1) is 20.8 Å². The van der Waals surface area contributed by atoms with E-state index in [-0.39, 0.29) is 0 Å². The number of hydrogen-bond acceptors (Lipinski definition) is 0. The molecule has 0 aliphatic carbocycles. The van der Waals surface area contributed by atoms with E-state index in [0.29, 0.717) is 0 Å². The highest BCUT2D eigenvalue weighted by molar-refractivity contribution is 6.08. The molecule has 1 heterocycles. The molecule has 80 valence electrons. The molecule has 2 aromatic carbocycles. The number of H-pyrrole nitrogens is 1. The summed E-state index contributed by atoms with van der Waals surface area (Å²) < 4.78 is 0. The molecule has 0 aliphatic heterocycles. The van der Waals surface area contributed by atoms with Crippen molar-refractivity contribution >= 4 is 21.8 Å². The normalized spacial score (nSPS) is 11.4. The first kappa shape index (κ1) is 9.46. The molecule has 16 heavy (non-hydrogen) atoms. The quantitative estimate of drug-likeness (QED) is 0.569. The summed E-state index contributed by atoms with van der Waals surface area (Å²) in [6, 6.07) is 11.1. The van der Waals surface area contributed by atoms with Gasteiger partial charge in [-0.1, -0.05) is 23.8 Å². The standard InChI is InChI=1S/C15H15N/c1-9-4-5-12-13-7-10(2)6-11(3)15(13)16-14(12)8-9/h4-8,16H,1-3H3. The van der Waals surface area contributed by atoms with E-state index in [2.05, 4.69) is 56.1 Å². The van der Waals surface area contributed by atoms with Gasteiger partial charge in [0.15, 0.2) is 0 Å². The van der Waals surface area contributed by atoms with Gasteiger partial charge in [0, 0.05) is 21.8 Å². The fraction of sp³-hybridized carbons (Fsp3) is 0.200. The molecule has 1 aromatic heterocycles. The van der Waals surface area contributed by atoms with E-state index < -0.39 is 0 Å². The van der Waals surface area contributed by atoms with Crippen molar-refractivity contribution in [1.82, 2.24) is 4.98 Å². The Hall–Kier alpha value is -1.76. The van der Waals surface area contributed by atoms with Crippen LogP contribution in [0.5, 0.6) is 0 Å². The highest BCUT2D eigenvalue weighted by Crippen LogP contribution is 2.29. The maximum Gasteiger partial charge on any atom is 0.0494 e. The maximum atomic E-state index is 3.51. The molecule has 1 N–H and O–H groups in total. The number of rotatable bonds is 0. The number of hydrogen-bond donors (Lipinski definition) is 1. The molecule has 0 unspecified atom stereocenters. The minimum Gasteiger partial charge on any atom is -0.354 e. The molecule has 0 saturated carbocycles. The van der Waals surface area contributed by atoms with Gasteiger partial charge in [0.2, 0.25) is 0 Å². The predicted octanol–water partition coefficient (Wildman–Crippen LogP) is 4.25. The van der Waals surface area contributed by atoms with Gasteiger partial charge >= 0.3 is 0 Å². The fourth-order valence-electron chi connectivity index (χ4n) is 2.48. The van der Waals surface area contributed by atoms with Gasteiger partial charge < -0.3 is 4.98 Å². The zero-order valence-corrected chi connectivity index (χ0v) is 9.89. The minimum atomic E-state index is 1.24. The first-order valence-corrected chi connectivity index (χ1v) is 5.64. The summed E-state index contributed by atoms with van der Waals surface area (Å²) in [5.74, 6) is 0. The van der Waals surface area contributed by atoms with E-state index in [1.165, 1.54) is 38.5 Å². The van der Waals surface area contributed by atoms with Crippen LogP contribution >= 0.6 is 0 Å². The Bertz CT molecular complexity index is 689. The summed E-state index contributed by atoms with van der Waals surface area (Å²) in [5.41, 5.74) is 6.46. The molecule has 0 spiro atoms. The van der Waals surface area contributed by atoms with Crippen molar-refractivity contribution < 1.29 is 0 Å². The fourth-order valence-corrected chi connectivity index (χ4v) is 2.48. The Labute approximate surface area is 95.1 Å². The zero-order chi connectivity index (χ0) is 11.3.